The maximum absolute atomic E-state index is 5.26. The Morgan fingerprint density at radius 1 is 1.73 bits per heavy atom. The lowest BCUT2D eigenvalue weighted by atomic mass is 10.2. The van der Waals surface area contributed by atoms with Crippen LogP contribution in [0.5, 0.6) is 0 Å². The highest BCUT2D eigenvalue weighted by molar-refractivity contribution is 7.73. The van der Waals surface area contributed by atoms with E-state index in [1.165, 1.54) is 11.3 Å². The van der Waals surface area contributed by atoms with Gasteiger partial charge in [-0.3, -0.25) is 5.10 Å². The molecule has 2 N–H and O–H groups in total. The third-order valence-corrected chi connectivity index (χ3v) is 2.92. The first-order chi connectivity index (χ1) is 7.24. The largest absolute Gasteiger partial charge is 0.469 e. The summed E-state index contributed by atoms with van der Waals surface area (Å²) in [5.41, 5.74) is 0. The molecule has 1 atom stereocenters. The van der Waals surface area contributed by atoms with Crippen LogP contribution >= 0.6 is 23.6 Å². The molecule has 0 amide bonds. The number of rotatable bonds is 4. The van der Waals surface area contributed by atoms with Crippen molar-refractivity contribution in [1.82, 2.24) is 10.2 Å². The molecule has 6 heteroatoms. The molecule has 0 aliphatic heterocycles. The van der Waals surface area contributed by atoms with Gasteiger partial charge in [0, 0.05) is 12.5 Å². The van der Waals surface area contributed by atoms with Crippen LogP contribution in [0.4, 0.5) is 5.13 Å². The van der Waals surface area contributed by atoms with Crippen LogP contribution in [0.2, 0.25) is 0 Å². The third kappa shape index (κ3) is 2.90. The molecule has 2 aromatic heterocycles. The van der Waals surface area contributed by atoms with Gasteiger partial charge in [-0.15, -0.1) is 5.10 Å². The fourth-order valence-corrected chi connectivity index (χ4v) is 2.18. The Hall–Kier alpha value is -1.14. The molecule has 0 aliphatic carbocycles. The first kappa shape index (κ1) is 10.4. The minimum Gasteiger partial charge on any atom is -0.469 e. The van der Waals surface area contributed by atoms with Crippen LogP contribution in [-0.2, 0) is 6.42 Å². The second-order valence-electron chi connectivity index (χ2n) is 3.25. The van der Waals surface area contributed by atoms with Crippen LogP contribution in [-0.4, -0.2) is 16.2 Å². The molecule has 0 saturated carbocycles. The van der Waals surface area contributed by atoms with Gasteiger partial charge in [0.15, 0.2) is 3.95 Å². The molecule has 0 fully saturated rings. The number of hydrogen-bond donors (Lipinski definition) is 2. The first-order valence-corrected chi connectivity index (χ1v) is 5.81. The van der Waals surface area contributed by atoms with E-state index in [2.05, 4.69) is 22.4 Å². The lowest BCUT2D eigenvalue weighted by Crippen LogP contribution is -2.17. The number of nitrogens with zero attached hydrogens (tertiary/aromatic N) is 1. The van der Waals surface area contributed by atoms with Crippen LogP contribution in [0, 0.1) is 3.95 Å². The van der Waals surface area contributed by atoms with Crippen LogP contribution < -0.4 is 5.32 Å². The van der Waals surface area contributed by atoms with Crippen LogP contribution in [0.1, 0.15) is 12.7 Å². The number of aromatic amines is 1. The molecule has 0 aromatic carbocycles. The van der Waals surface area contributed by atoms with E-state index in [9.17, 15) is 0 Å². The third-order valence-electron chi connectivity index (χ3n) is 1.90. The van der Waals surface area contributed by atoms with Crippen molar-refractivity contribution in [2.75, 3.05) is 5.32 Å². The zero-order valence-electron chi connectivity index (χ0n) is 8.19. The molecule has 0 radical (unpaired) electrons. The summed E-state index contributed by atoms with van der Waals surface area (Å²) in [5, 5.41) is 10.8. The van der Waals surface area contributed by atoms with E-state index >= 15 is 0 Å². The van der Waals surface area contributed by atoms with Gasteiger partial charge in [-0.1, -0.05) is 11.3 Å². The van der Waals surface area contributed by atoms with Crippen LogP contribution in [0.3, 0.4) is 0 Å². The summed E-state index contributed by atoms with van der Waals surface area (Å²) in [6.07, 6.45) is 2.51. The lowest BCUT2D eigenvalue weighted by Gasteiger charge is -2.09. The fraction of sp³-hybridized carbons (Fsp3) is 0.333. The zero-order chi connectivity index (χ0) is 10.7. The van der Waals surface area contributed by atoms with Crippen molar-refractivity contribution in [2.45, 2.75) is 19.4 Å². The van der Waals surface area contributed by atoms with Crippen LogP contribution in [0.25, 0.3) is 0 Å². The summed E-state index contributed by atoms with van der Waals surface area (Å²) in [5.74, 6) is 0.967. The second kappa shape index (κ2) is 4.59. The Labute approximate surface area is 96.3 Å². The molecule has 15 heavy (non-hydrogen) atoms. The van der Waals surface area contributed by atoms with Crippen molar-refractivity contribution in [3.63, 3.8) is 0 Å². The first-order valence-electron chi connectivity index (χ1n) is 4.58. The second-order valence-corrected chi connectivity index (χ2v) is 4.91. The van der Waals surface area contributed by atoms with Gasteiger partial charge in [0.1, 0.15) is 5.76 Å². The standard InChI is InChI=1S/C9H11N3OS2/c1-6(5-7-3-2-4-13-7)10-8-11-12-9(14)15-8/h2-4,6H,5H2,1H3,(H,10,11)(H,12,14). The normalized spacial score (nSPS) is 12.6. The number of furan rings is 1. The highest BCUT2D eigenvalue weighted by Gasteiger charge is 2.07. The molecule has 2 rings (SSSR count). The van der Waals surface area contributed by atoms with Crippen molar-refractivity contribution in [3.05, 3.63) is 28.1 Å². The van der Waals surface area contributed by atoms with E-state index in [1.807, 2.05) is 12.1 Å². The van der Waals surface area contributed by atoms with Gasteiger partial charge in [0.25, 0.3) is 0 Å². The van der Waals surface area contributed by atoms with E-state index < -0.39 is 0 Å². The number of anilines is 1. The predicted octanol–water partition coefficient (Wildman–Crippen LogP) is 2.84. The molecule has 4 nitrogen and oxygen atoms in total. The van der Waals surface area contributed by atoms with E-state index in [4.69, 9.17) is 16.6 Å². The van der Waals surface area contributed by atoms with Gasteiger partial charge >= 0.3 is 0 Å². The summed E-state index contributed by atoms with van der Waals surface area (Å²) in [6, 6.07) is 4.12. The number of hydrogen-bond acceptors (Lipinski definition) is 5. The van der Waals surface area contributed by atoms with Gasteiger partial charge in [-0.05, 0) is 31.3 Å². The SMILES string of the molecule is CC(Cc1ccco1)Nc1n[nH]c(=S)s1. The topological polar surface area (TPSA) is 53.9 Å². The molecule has 0 bridgehead atoms. The van der Waals surface area contributed by atoms with Crippen LogP contribution in [0.15, 0.2) is 22.8 Å². The predicted molar refractivity (Wildman–Crippen MR) is 62.8 cm³/mol. The molecule has 0 spiro atoms. The minimum atomic E-state index is 0.269. The zero-order valence-corrected chi connectivity index (χ0v) is 9.82. The van der Waals surface area contributed by atoms with Crippen molar-refractivity contribution < 1.29 is 4.42 Å². The number of nitrogens with one attached hydrogen (secondary N) is 2. The highest BCUT2D eigenvalue weighted by Crippen LogP contribution is 2.14. The maximum Gasteiger partial charge on any atom is 0.204 e. The molecule has 2 aromatic rings. The van der Waals surface area contributed by atoms with Gasteiger partial charge in [-0.2, -0.15) is 0 Å². The van der Waals surface area contributed by atoms with E-state index in [0.29, 0.717) is 3.95 Å². The molecular weight excluding hydrogens is 230 g/mol. The monoisotopic (exact) mass is 241 g/mol. The maximum atomic E-state index is 5.26. The van der Waals surface area contributed by atoms with Crippen molar-refractivity contribution in [2.24, 2.45) is 0 Å². The molecular formula is C9H11N3OS2. The van der Waals surface area contributed by atoms with Crippen molar-refractivity contribution >= 4 is 28.7 Å². The summed E-state index contributed by atoms with van der Waals surface area (Å²) in [4.78, 5) is 0. The average molecular weight is 241 g/mol. The molecule has 2 heterocycles. The lowest BCUT2D eigenvalue weighted by molar-refractivity contribution is 0.497. The molecule has 0 aliphatic rings. The van der Waals surface area contributed by atoms with E-state index in [-0.39, 0.29) is 6.04 Å². The van der Waals surface area contributed by atoms with E-state index in [1.54, 1.807) is 6.26 Å². The highest BCUT2D eigenvalue weighted by atomic mass is 32.1. The fourth-order valence-electron chi connectivity index (χ4n) is 1.28. The molecule has 1 unspecified atom stereocenters. The number of H-pyrrole nitrogens is 1. The Morgan fingerprint density at radius 3 is 3.20 bits per heavy atom. The van der Waals surface area contributed by atoms with Crippen molar-refractivity contribution in [3.8, 4) is 0 Å². The Kier molecular flexibility index (Phi) is 3.17. The van der Waals surface area contributed by atoms with Gasteiger partial charge < -0.3 is 9.73 Å². The number of aromatic nitrogens is 2. The minimum absolute atomic E-state index is 0.269. The summed E-state index contributed by atoms with van der Waals surface area (Å²) >= 11 is 6.38. The van der Waals surface area contributed by atoms with Crippen molar-refractivity contribution in [1.29, 1.82) is 0 Å². The molecule has 0 saturated heterocycles. The van der Waals surface area contributed by atoms with Gasteiger partial charge in [-0.25, -0.2) is 0 Å². The Morgan fingerprint density at radius 2 is 2.60 bits per heavy atom. The van der Waals surface area contributed by atoms with E-state index in [0.717, 1.165) is 17.3 Å². The molecule has 80 valence electrons. The average Bonchev–Trinajstić information content (AvgIpc) is 2.77. The Bertz CT molecular complexity index is 460. The van der Waals surface area contributed by atoms with Gasteiger partial charge in [0.05, 0.1) is 6.26 Å². The van der Waals surface area contributed by atoms with Gasteiger partial charge in [0.2, 0.25) is 5.13 Å². The summed E-state index contributed by atoms with van der Waals surface area (Å²) < 4.78 is 5.94. The Balaban J connectivity index is 1.92. The quantitative estimate of drug-likeness (QED) is 0.808. The smallest absolute Gasteiger partial charge is 0.204 e. The summed E-state index contributed by atoms with van der Waals surface area (Å²) in [6.45, 7) is 2.08. The summed E-state index contributed by atoms with van der Waals surface area (Å²) in [7, 11) is 0.